The lowest BCUT2D eigenvalue weighted by molar-refractivity contribution is 0.251. The van der Waals surface area contributed by atoms with Gasteiger partial charge in [0.2, 0.25) is 5.13 Å². The Labute approximate surface area is 114 Å². The molecule has 7 heteroatoms. The summed E-state index contributed by atoms with van der Waals surface area (Å²) in [5, 5.41) is 14.3. The topological polar surface area (TPSA) is 76.1 Å². The minimum absolute atomic E-state index is 0.318. The number of hydrogen-bond donors (Lipinski definition) is 2. The number of ether oxygens (including phenoxy) is 1. The number of rotatable bonds is 4. The van der Waals surface area contributed by atoms with E-state index in [2.05, 4.69) is 20.8 Å². The van der Waals surface area contributed by atoms with Crippen molar-refractivity contribution in [2.45, 2.75) is 13.5 Å². The molecule has 1 aromatic carbocycles. The molecule has 0 aliphatic rings. The number of aromatic nitrogens is 2. The molecule has 0 spiro atoms. The highest BCUT2D eigenvalue weighted by atomic mass is 32.1. The van der Waals surface area contributed by atoms with Gasteiger partial charge in [-0.05, 0) is 13.0 Å². The molecular weight excluding hydrogens is 264 g/mol. The van der Waals surface area contributed by atoms with Crippen molar-refractivity contribution in [3.63, 3.8) is 0 Å². The van der Waals surface area contributed by atoms with Gasteiger partial charge in [-0.15, -0.1) is 10.2 Å². The fraction of sp³-hybridized carbons (Fsp3) is 0.250. The second-order valence-corrected chi connectivity index (χ2v) is 4.93. The van der Waals surface area contributed by atoms with E-state index in [1.165, 1.54) is 11.3 Å². The van der Waals surface area contributed by atoms with Gasteiger partial charge in [-0.2, -0.15) is 0 Å². The van der Waals surface area contributed by atoms with E-state index < -0.39 is 0 Å². The van der Waals surface area contributed by atoms with Crippen LogP contribution in [0.15, 0.2) is 24.3 Å². The largest absolute Gasteiger partial charge is 0.496 e. The molecule has 0 atom stereocenters. The third-order valence-corrected chi connectivity index (χ3v) is 3.13. The maximum Gasteiger partial charge on any atom is 0.321 e. The highest BCUT2D eigenvalue weighted by Gasteiger charge is 2.07. The van der Waals surface area contributed by atoms with Crippen LogP contribution in [0.4, 0.5) is 9.93 Å². The van der Waals surface area contributed by atoms with Gasteiger partial charge in [0.05, 0.1) is 7.11 Å². The van der Waals surface area contributed by atoms with Crippen molar-refractivity contribution in [3.8, 4) is 5.75 Å². The van der Waals surface area contributed by atoms with Crippen molar-refractivity contribution in [2.75, 3.05) is 12.4 Å². The molecule has 2 aromatic rings. The summed E-state index contributed by atoms with van der Waals surface area (Å²) in [5.74, 6) is 0.745. The molecule has 100 valence electrons. The van der Waals surface area contributed by atoms with Crippen molar-refractivity contribution < 1.29 is 9.53 Å². The Balaban J connectivity index is 1.89. The van der Waals surface area contributed by atoms with E-state index in [1.54, 1.807) is 7.11 Å². The first-order valence-corrected chi connectivity index (χ1v) is 6.47. The number of amides is 2. The van der Waals surface area contributed by atoms with Crippen molar-refractivity contribution in [2.24, 2.45) is 0 Å². The second-order valence-electron chi connectivity index (χ2n) is 3.75. The van der Waals surface area contributed by atoms with Gasteiger partial charge in [-0.25, -0.2) is 4.79 Å². The third kappa shape index (κ3) is 3.65. The summed E-state index contributed by atoms with van der Waals surface area (Å²) in [6, 6.07) is 7.21. The van der Waals surface area contributed by atoms with Crippen LogP contribution >= 0.6 is 11.3 Å². The number of anilines is 1. The lowest BCUT2D eigenvalue weighted by atomic mass is 10.2. The van der Waals surface area contributed by atoms with Crippen LogP contribution in [0.1, 0.15) is 10.6 Å². The van der Waals surface area contributed by atoms with Crippen molar-refractivity contribution in [3.05, 3.63) is 34.8 Å². The number of carbonyl (C=O) groups is 1. The smallest absolute Gasteiger partial charge is 0.321 e. The monoisotopic (exact) mass is 278 g/mol. The Hall–Kier alpha value is -2.15. The predicted molar refractivity (Wildman–Crippen MR) is 73.5 cm³/mol. The molecule has 0 saturated heterocycles. The number of hydrogen-bond acceptors (Lipinski definition) is 5. The number of benzene rings is 1. The maximum absolute atomic E-state index is 11.7. The summed E-state index contributed by atoms with van der Waals surface area (Å²) in [4.78, 5) is 11.7. The number of urea groups is 1. The molecule has 19 heavy (non-hydrogen) atoms. The summed E-state index contributed by atoms with van der Waals surface area (Å²) >= 11 is 1.33. The number of nitrogens with one attached hydrogen (secondary N) is 2. The average molecular weight is 278 g/mol. The number of aryl methyl sites for hydroxylation is 1. The minimum atomic E-state index is -0.318. The van der Waals surface area contributed by atoms with E-state index in [0.29, 0.717) is 11.7 Å². The SMILES string of the molecule is COc1ccccc1CNC(=O)Nc1nnc(C)s1. The fourth-order valence-electron chi connectivity index (χ4n) is 1.51. The molecule has 2 N–H and O–H groups in total. The van der Waals surface area contributed by atoms with Gasteiger partial charge in [0.1, 0.15) is 10.8 Å². The number of nitrogens with zero attached hydrogens (tertiary/aromatic N) is 2. The van der Waals surface area contributed by atoms with Gasteiger partial charge in [0.25, 0.3) is 0 Å². The Morgan fingerprint density at radius 2 is 2.16 bits per heavy atom. The Morgan fingerprint density at radius 1 is 1.37 bits per heavy atom. The quantitative estimate of drug-likeness (QED) is 0.898. The zero-order valence-corrected chi connectivity index (χ0v) is 11.5. The zero-order valence-electron chi connectivity index (χ0n) is 10.6. The molecule has 0 aliphatic heterocycles. The van der Waals surface area contributed by atoms with Crippen LogP contribution in [-0.4, -0.2) is 23.3 Å². The number of para-hydroxylation sites is 1. The molecular formula is C12H14N4O2S. The lowest BCUT2D eigenvalue weighted by Crippen LogP contribution is -2.28. The summed E-state index contributed by atoms with van der Waals surface area (Å²) in [6.07, 6.45) is 0. The van der Waals surface area contributed by atoms with Crippen molar-refractivity contribution in [1.29, 1.82) is 0 Å². The number of methoxy groups -OCH3 is 1. The molecule has 0 saturated carbocycles. The molecule has 2 rings (SSSR count). The highest BCUT2D eigenvalue weighted by molar-refractivity contribution is 7.15. The van der Waals surface area contributed by atoms with Crippen molar-refractivity contribution >= 4 is 22.5 Å². The van der Waals surface area contributed by atoms with Gasteiger partial charge < -0.3 is 10.1 Å². The molecule has 1 aromatic heterocycles. The first-order valence-electron chi connectivity index (χ1n) is 5.66. The van der Waals surface area contributed by atoms with Crippen LogP contribution in [0.5, 0.6) is 5.75 Å². The Bertz CT molecular complexity index is 570. The molecule has 0 radical (unpaired) electrons. The molecule has 0 unspecified atom stereocenters. The zero-order chi connectivity index (χ0) is 13.7. The number of carbonyl (C=O) groups excluding carboxylic acids is 1. The predicted octanol–water partition coefficient (Wildman–Crippen LogP) is 2.18. The van der Waals surface area contributed by atoms with Gasteiger partial charge in [-0.1, -0.05) is 29.5 Å². The van der Waals surface area contributed by atoms with Gasteiger partial charge in [0, 0.05) is 12.1 Å². The molecule has 0 aliphatic carbocycles. The van der Waals surface area contributed by atoms with E-state index in [4.69, 9.17) is 4.74 Å². The normalized spacial score (nSPS) is 10.0. The van der Waals surface area contributed by atoms with E-state index in [9.17, 15) is 4.79 Å². The minimum Gasteiger partial charge on any atom is -0.496 e. The standard InChI is InChI=1S/C12H14N4O2S/c1-8-15-16-12(19-8)14-11(17)13-7-9-5-3-4-6-10(9)18-2/h3-6H,7H2,1-2H3,(H2,13,14,16,17). The van der Waals surface area contributed by atoms with Crippen LogP contribution in [-0.2, 0) is 6.54 Å². The summed E-state index contributed by atoms with van der Waals surface area (Å²) in [5.41, 5.74) is 0.911. The van der Waals surface area contributed by atoms with Crippen LogP contribution in [0.25, 0.3) is 0 Å². The molecule has 2 amide bonds. The van der Waals surface area contributed by atoms with Crippen LogP contribution in [0.3, 0.4) is 0 Å². The average Bonchev–Trinajstić information content (AvgIpc) is 2.82. The van der Waals surface area contributed by atoms with E-state index >= 15 is 0 Å². The summed E-state index contributed by atoms with van der Waals surface area (Å²) in [6.45, 7) is 2.21. The first kappa shape index (κ1) is 13.3. The van der Waals surface area contributed by atoms with Gasteiger partial charge in [0.15, 0.2) is 0 Å². The Kier molecular flexibility index (Phi) is 4.30. The van der Waals surface area contributed by atoms with Crippen molar-refractivity contribution in [1.82, 2.24) is 15.5 Å². The van der Waals surface area contributed by atoms with E-state index in [-0.39, 0.29) is 6.03 Å². The van der Waals surface area contributed by atoms with E-state index in [1.807, 2.05) is 31.2 Å². The summed E-state index contributed by atoms with van der Waals surface area (Å²) < 4.78 is 5.21. The van der Waals surface area contributed by atoms with E-state index in [0.717, 1.165) is 16.3 Å². The third-order valence-electron chi connectivity index (χ3n) is 2.38. The lowest BCUT2D eigenvalue weighted by Gasteiger charge is -2.09. The molecule has 0 bridgehead atoms. The molecule has 6 nitrogen and oxygen atoms in total. The van der Waals surface area contributed by atoms with Crippen LogP contribution in [0.2, 0.25) is 0 Å². The molecule has 0 fully saturated rings. The van der Waals surface area contributed by atoms with Gasteiger partial charge >= 0.3 is 6.03 Å². The fourth-order valence-corrected chi connectivity index (χ4v) is 2.10. The first-order chi connectivity index (χ1) is 9.19. The second kappa shape index (κ2) is 6.14. The van der Waals surface area contributed by atoms with Crippen LogP contribution in [0, 0.1) is 6.92 Å². The van der Waals surface area contributed by atoms with Gasteiger partial charge in [-0.3, -0.25) is 5.32 Å². The summed E-state index contributed by atoms with van der Waals surface area (Å²) in [7, 11) is 1.60. The van der Waals surface area contributed by atoms with Crippen LogP contribution < -0.4 is 15.4 Å². The maximum atomic E-state index is 11.7. The molecule has 1 heterocycles. The Morgan fingerprint density at radius 3 is 2.84 bits per heavy atom. The highest BCUT2D eigenvalue weighted by Crippen LogP contribution is 2.17.